The molecule has 146 valence electrons. The van der Waals surface area contributed by atoms with Gasteiger partial charge >= 0.3 is 0 Å². The lowest BCUT2D eigenvalue weighted by molar-refractivity contribution is -0.122. The van der Waals surface area contributed by atoms with Crippen LogP contribution in [0.15, 0.2) is 48.5 Å². The average molecular weight is 380 g/mol. The molecule has 0 heterocycles. The number of carbonyl (C=O) groups is 2. The van der Waals surface area contributed by atoms with E-state index in [2.05, 4.69) is 31.0 Å². The molecule has 2 aromatic rings. The third-order valence-corrected chi connectivity index (χ3v) is 3.87. The van der Waals surface area contributed by atoms with Crippen molar-refractivity contribution in [3.8, 4) is 23.3 Å². The maximum atomic E-state index is 11.8. The van der Waals surface area contributed by atoms with Crippen molar-refractivity contribution in [3.05, 3.63) is 59.7 Å². The first-order chi connectivity index (χ1) is 13.5. The number of para-hydroxylation sites is 1. The monoisotopic (exact) mass is 380 g/mol. The predicted molar refractivity (Wildman–Crippen MR) is 107 cm³/mol. The van der Waals surface area contributed by atoms with Crippen molar-refractivity contribution >= 4 is 11.8 Å². The number of amides is 2. The van der Waals surface area contributed by atoms with Gasteiger partial charge in [-0.15, -0.1) is 0 Å². The van der Waals surface area contributed by atoms with Gasteiger partial charge in [-0.2, -0.15) is 0 Å². The number of primary amides is 1. The van der Waals surface area contributed by atoms with Gasteiger partial charge in [-0.1, -0.05) is 50.0 Å². The van der Waals surface area contributed by atoms with E-state index in [0.29, 0.717) is 23.0 Å². The highest BCUT2D eigenvalue weighted by molar-refractivity contribution is 5.95. The summed E-state index contributed by atoms with van der Waals surface area (Å²) in [5.41, 5.74) is 6.79. The van der Waals surface area contributed by atoms with Gasteiger partial charge in [0.05, 0.1) is 12.1 Å². The minimum atomic E-state index is -0.560. The lowest BCUT2D eigenvalue weighted by Crippen LogP contribution is -2.29. The third-order valence-electron chi connectivity index (χ3n) is 3.87. The van der Waals surface area contributed by atoms with E-state index in [4.69, 9.17) is 15.2 Å². The van der Waals surface area contributed by atoms with Crippen LogP contribution in [0.5, 0.6) is 11.5 Å². The Bertz CT molecular complexity index is 864. The number of benzene rings is 2. The smallest absolute Gasteiger partial charge is 0.258 e. The fourth-order valence-corrected chi connectivity index (χ4v) is 2.32. The fraction of sp³-hybridized carbons (Fsp3) is 0.273. The van der Waals surface area contributed by atoms with Crippen molar-refractivity contribution in [1.29, 1.82) is 0 Å². The van der Waals surface area contributed by atoms with Crippen LogP contribution in [0.3, 0.4) is 0 Å². The molecule has 6 heteroatoms. The molecular weight excluding hydrogens is 356 g/mol. The summed E-state index contributed by atoms with van der Waals surface area (Å²) < 4.78 is 10.9. The van der Waals surface area contributed by atoms with Crippen LogP contribution in [0, 0.1) is 11.8 Å². The highest BCUT2D eigenvalue weighted by Gasteiger charge is 2.07. The van der Waals surface area contributed by atoms with E-state index in [9.17, 15) is 9.59 Å². The number of carbonyl (C=O) groups excluding carboxylic acids is 2. The second kappa shape index (κ2) is 10.6. The Morgan fingerprint density at radius 1 is 1.04 bits per heavy atom. The number of nitrogens with one attached hydrogen (secondary N) is 1. The molecular formula is C22H24N2O4. The van der Waals surface area contributed by atoms with Crippen LogP contribution in [0.1, 0.15) is 35.7 Å². The van der Waals surface area contributed by atoms with Gasteiger partial charge < -0.3 is 20.5 Å². The predicted octanol–water partition coefficient (Wildman–Crippen LogP) is 2.49. The van der Waals surface area contributed by atoms with Crippen LogP contribution >= 0.6 is 0 Å². The molecule has 0 bridgehead atoms. The van der Waals surface area contributed by atoms with Crippen LogP contribution < -0.4 is 20.5 Å². The van der Waals surface area contributed by atoms with E-state index < -0.39 is 5.91 Å². The Labute approximate surface area is 165 Å². The Kier molecular flexibility index (Phi) is 7.92. The van der Waals surface area contributed by atoms with Gasteiger partial charge in [-0.3, -0.25) is 9.59 Å². The van der Waals surface area contributed by atoms with Crippen LogP contribution in [0.25, 0.3) is 0 Å². The Morgan fingerprint density at radius 3 is 2.43 bits per heavy atom. The van der Waals surface area contributed by atoms with Gasteiger partial charge in [0.2, 0.25) is 0 Å². The van der Waals surface area contributed by atoms with Crippen LogP contribution in [0.2, 0.25) is 0 Å². The molecule has 6 nitrogen and oxygen atoms in total. The summed E-state index contributed by atoms with van der Waals surface area (Å²) in [4.78, 5) is 23.1. The topological polar surface area (TPSA) is 90.7 Å². The highest BCUT2D eigenvalue weighted by Crippen LogP contribution is 2.18. The molecule has 0 aliphatic carbocycles. The lowest BCUT2D eigenvalue weighted by atomic mass is 10.0. The normalized spacial score (nSPS) is 9.96. The summed E-state index contributed by atoms with van der Waals surface area (Å²) in [6.07, 6.45) is 0. The maximum absolute atomic E-state index is 11.8. The summed E-state index contributed by atoms with van der Waals surface area (Å²) in [7, 11) is 0. The van der Waals surface area contributed by atoms with Crippen molar-refractivity contribution in [2.24, 2.45) is 5.73 Å². The van der Waals surface area contributed by atoms with E-state index in [-0.39, 0.29) is 25.7 Å². The SMILES string of the molecule is CC(C)c1ccc(OCC(=O)NCC#CCOc2ccccc2C(N)=O)cc1. The van der Waals surface area contributed by atoms with Crippen molar-refractivity contribution in [1.82, 2.24) is 5.32 Å². The molecule has 0 saturated heterocycles. The van der Waals surface area contributed by atoms with Crippen LogP contribution in [-0.4, -0.2) is 31.6 Å². The summed E-state index contributed by atoms with van der Waals surface area (Å²) >= 11 is 0. The molecule has 0 aliphatic heterocycles. The summed E-state index contributed by atoms with van der Waals surface area (Å²) in [6.45, 7) is 4.41. The van der Waals surface area contributed by atoms with E-state index in [0.717, 1.165) is 0 Å². The van der Waals surface area contributed by atoms with Gasteiger partial charge in [-0.05, 0) is 35.7 Å². The van der Waals surface area contributed by atoms with E-state index in [1.807, 2.05) is 24.3 Å². The van der Waals surface area contributed by atoms with Gasteiger partial charge in [0.1, 0.15) is 18.1 Å². The molecule has 2 amide bonds. The zero-order valence-electron chi connectivity index (χ0n) is 16.0. The molecule has 0 atom stereocenters. The minimum Gasteiger partial charge on any atom is -0.484 e. The molecule has 2 aromatic carbocycles. The number of nitrogens with two attached hydrogens (primary N) is 1. The molecule has 28 heavy (non-hydrogen) atoms. The second-order valence-corrected chi connectivity index (χ2v) is 6.29. The standard InChI is InChI=1S/C22H24N2O4/c1-16(2)17-9-11-18(12-10-17)28-15-21(25)24-13-5-6-14-27-20-8-4-3-7-19(20)22(23)26/h3-4,7-12,16H,13-15H2,1-2H3,(H2,23,26)(H,24,25). The Balaban J connectivity index is 1.68. The molecule has 0 aliphatic rings. The summed E-state index contributed by atoms with van der Waals surface area (Å²) in [6, 6.07) is 14.4. The Hall–Kier alpha value is -3.46. The summed E-state index contributed by atoms with van der Waals surface area (Å²) in [5, 5.41) is 2.64. The number of hydrogen-bond acceptors (Lipinski definition) is 4. The van der Waals surface area contributed by atoms with Gasteiger partial charge in [0, 0.05) is 0 Å². The van der Waals surface area contributed by atoms with E-state index >= 15 is 0 Å². The zero-order chi connectivity index (χ0) is 20.4. The zero-order valence-corrected chi connectivity index (χ0v) is 16.0. The largest absolute Gasteiger partial charge is 0.484 e. The first kappa shape index (κ1) is 20.8. The molecule has 0 radical (unpaired) electrons. The maximum Gasteiger partial charge on any atom is 0.258 e. The van der Waals surface area contributed by atoms with Crippen LogP contribution in [-0.2, 0) is 4.79 Å². The first-order valence-electron chi connectivity index (χ1n) is 8.94. The second-order valence-electron chi connectivity index (χ2n) is 6.29. The number of rotatable bonds is 8. The lowest BCUT2D eigenvalue weighted by Gasteiger charge is -2.08. The van der Waals surface area contributed by atoms with Crippen molar-refractivity contribution < 1.29 is 19.1 Å². The van der Waals surface area contributed by atoms with Gasteiger partial charge in [0.25, 0.3) is 11.8 Å². The Morgan fingerprint density at radius 2 is 1.75 bits per heavy atom. The molecule has 0 spiro atoms. The van der Waals surface area contributed by atoms with E-state index in [1.165, 1.54) is 5.56 Å². The third kappa shape index (κ3) is 6.69. The quantitative estimate of drug-likeness (QED) is 0.689. The summed E-state index contributed by atoms with van der Waals surface area (Å²) in [5.74, 6) is 6.19. The average Bonchev–Trinajstić information content (AvgIpc) is 2.69. The van der Waals surface area contributed by atoms with Gasteiger partial charge in [-0.25, -0.2) is 0 Å². The van der Waals surface area contributed by atoms with Gasteiger partial charge in [0.15, 0.2) is 6.61 Å². The molecule has 0 fully saturated rings. The minimum absolute atomic E-state index is 0.0782. The molecule has 0 unspecified atom stereocenters. The molecule has 2 rings (SSSR count). The first-order valence-corrected chi connectivity index (χ1v) is 8.94. The number of ether oxygens (including phenoxy) is 2. The van der Waals surface area contributed by atoms with Crippen molar-refractivity contribution in [3.63, 3.8) is 0 Å². The molecule has 0 aromatic heterocycles. The fourth-order valence-electron chi connectivity index (χ4n) is 2.32. The van der Waals surface area contributed by atoms with Crippen molar-refractivity contribution in [2.45, 2.75) is 19.8 Å². The number of hydrogen-bond donors (Lipinski definition) is 2. The molecule has 3 N–H and O–H groups in total. The highest BCUT2D eigenvalue weighted by atomic mass is 16.5. The van der Waals surface area contributed by atoms with E-state index in [1.54, 1.807) is 24.3 Å². The van der Waals surface area contributed by atoms with Crippen LogP contribution in [0.4, 0.5) is 0 Å². The molecule has 0 saturated carbocycles. The van der Waals surface area contributed by atoms with Crippen molar-refractivity contribution in [2.75, 3.05) is 19.8 Å².